The molecule has 1 atom stereocenters. The van der Waals surface area contributed by atoms with Crippen molar-refractivity contribution in [2.75, 3.05) is 6.54 Å². The Morgan fingerprint density at radius 3 is 2.32 bits per heavy atom. The first-order valence-electron chi connectivity index (χ1n) is 6.92. The van der Waals surface area contributed by atoms with Gasteiger partial charge in [0, 0.05) is 12.6 Å². The molecule has 0 radical (unpaired) electrons. The molecule has 0 saturated heterocycles. The Morgan fingerprint density at radius 1 is 1.40 bits per heavy atom. The van der Waals surface area contributed by atoms with Crippen LogP contribution in [0.2, 0.25) is 0 Å². The van der Waals surface area contributed by atoms with Crippen LogP contribution >= 0.6 is 0 Å². The molecule has 1 heterocycles. The number of rotatable bonds is 6. The number of halogens is 3. The minimum Gasteiger partial charge on any atom is -0.505 e. The molecule has 0 saturated carbocycles. The number of carboxylic acids is 1. The smallest absolute Gasteiger partial charge is 0.448 e. The summed E-state index contributed by atoms with van der Waals surface area (Å²) in [5.41, 5.74) is 0.363. The molecule has 1 amide bonds. The number of aromatic nitrogens is 2. The van der Waals surface area contributed by atoms with Gasteiger partial charge in [-0.1, -0.05) is 11.3 Å². The van der Waals surface area contributed by atoms with Gasteiger partial charge in [0.15, 0.2) is 18.5 Å². The first-order chi connectivity index (χ1) is 11.4. The van der Waals surface area contributed by atoms with Crippen LogP contribution in [0.4, 0.5) is 13.2 Å². The van der Waals surface area contributed by atoms with Crippen LogP contribution in [0, 0.1) is 0 Å². The van der Waals surface area contributed by atoms with Crippen molar-refractivity contribution in [3.63, 3.8) is 0 Å². The number of aliphatic hydroxyl groups is 2. The fraction of sp³-hybridized carbons (Fsp3) is 0.429. The zero-order valence-corrected chi connectivity index (χ0v) is 13.3. The van der Waals surface area contributed by atoms with Crippen molar-refractivity contribution in [2.45, 2.75) is 32.2 Å². The van der Waals surface area contributed by atoms with E-state index >= 15 is 0 Å². The largest absolute Gasteiger partial charge is 0.505 e. The van der Waals surface area contributed by atoms with Gasteiger partial charge in [-0.15, -0.1) is 0 Å². The lowest BCUT2D eigenvalue weighted by atomic mass is 10.3. The lowest BCUT2D eigenvalue weighted by Crippen LogP contribution is -2.39. The van der Waals surface area contributed by atoms with Gasteiger partial charge in [-0.2, -0.15) is 13.2 Å². The second kappa shape index (κ2) is 10.2. The second-order valence-electron chi connectivity index (χ2n) is 4.83. The SMILES string of the molecule is C=C(O)C(F)(F)F.CC(O)CNC(=O)c1cc[n+](CCC(=O)O)nc1. The third-order valence-corrected chi connectivity index (χ3v) is 2.47. The molecule has 0 aliphatic rings. The molecule has 0 aromatic carbocycles. The van der Waals surface area contributed by atoms with Crippen molar-refractivity contribution >= 4 is 11.9 Å². The molecular formula is C14H19F3N3O5+. The summed E-state index contributed by atoms with van der Waals surface area (Å²) < 4.78 is 33.9. The molecular weight excluding hydrogens is 347 g/mol. The predicted molar refractivity (Wildman–Crippen MR) is 78.5 cm³/mol. The van der Waals surface area contributed by atoms with E-state index in [0.717, 1.165) is 0 Å². The minimum atomic E-state index is -4.64. The maximum Gasteiger partial charge on any atom is 0.448 e. The predicted octanol–water partition coefficient (Wildman–Crippen LogP) is 0.575. The van der Waals surface area contributed by atoms with Crippen molar-refractivity contribution in [1.29, 1.82) is 0 Å². The Hall–Kier alpha value is -2.69. The molecule has 4 N–H and O–H groups in total. The topological polar surface area (TPSA) is 124 Å². The number of carbonyl (C=O) groups is 2. The first-order valence-corrected chi connectivity index (χ1v) is 6.92. The van der Waals surface area contributed by atoms with Gasteiger partial charge in [0.25, 0.3) is 5.91 Å². The lowest BCUT2D eigenvalue weighted by molar-refractivity contribution is -0.753. The number of amides is 1. The van der Waals surface area contributed by atoms with Gasteiger partial charge in [-0.05, 0) is 12.0 Å². The summed E-state index contributed by atoms with van der Waals surface area (Å²) in [6.45, 7) is 4.26. The van der Waals surface area contributed by atoms with Crippen molar-refractivity contribution in [1.82, 2.24) is 10.4 Å². The summed E-state index contributed by atoms with van der Waals surface area (Å²) >= 11 is 0. The normalized spacial score (nSPS) is 11.7. The highest BCUT2D eigenvalue weighted by Crippen LogP contribution is 2.20. The fourth-order valence-corrected chi connectivity index (χ4v) is 1.20. The van der Waals surface area contributed by atoms with Gasteiger partial charge in [-0.25, -0.2) is 0 Å². The zero-order valence-electron chi connectivity index (χ0n) is 13.3. The number of allylic oxidation sites excluding steroid dienone is 1. The number of aliphatic carboxylic acids is 1. The fourth-order valence-electron chi connectivity index (χ4n) is 1.20. The van der Waals surface area contributed by atoms with Crippen molar-refractivity contribution < 1.29 is 42.8 Å². The van der Waals surface area contributed by atoms with Crippen molar-refractivity contribution in [2.24, 2.45) is 0 Å². The molecule has 0 spiro atoms. The molecule has 1 aromatic heterocycles. The zero-order chi connectivity index (χ0) is 19.6. The Morgan fingerprint density at radius 2 is 1.96 bits per heavy atom. The minimum absolute atomic E-state index is 0.0226. The molecule has 0 aliphatic carbocycles. The Kier molecular flexibility index (Phi) is 9.13. The molecule has 1 unspecified atom stereocenters. The summed E-state index contributed by atoms with van der Waals surface area (Å²) in [6.07, 6.45) is -2.36. The number of alkyl halides is 3. The van der Waals surface area contributed by atoms with Gasteiger partial charge in [0.05, 0.1) is 11.7 Å². The van der Waals surface area contributed by atoms with Crippen LogP contribution in [0.1, 0.15) is 23.7 Å². The van der Waals surface area contributed by atoms with E-state index in [2.05, 4.69) is 17.0 Å². The van der Waals surface area contributed by atoms with Gasteiger partial charge in [0.2, 0.25) is 0 Å². The molecule has 8 nitrogen and oxygen atoms in total. The highest BCUT2D eigenvalue weighted by atomic mass is 19.4. The highest BCUT2D eigenvalue weighted by Gasteiger charge is 2.31. The van der Waals surface area contributed by atoms with E-state index in [0.29, 0.717) is 5.56 Å². The third-order valence-electron chi connectivity index (χ3n) is 2.47. The number of hydrogen-bond acceptors (Lipinski definition) is 5. The lowest BCUT2D eigenvalue weighted by Gasteiger charge is -2.05. The Bertz CT molecular complexity index is 588. The number of hydrogen-bond donors (Lipinski definition) is 4. The molecule has 0 aliphatic heterocycles. The average Bonchev–Trinajstić information content (AvgIpc) is 2.50. The van der Waals surface area contributed by atoms with E-state index in [1.165, 1.54) is 10.9 Å². The van der Waals surface area contributed by atoms with E-state index in [1.807, 2.05) is 0 Å². The monoisotopic (exact) mass is 366 g/mol. The summed E-state index contributed by atoms with van der Waals surface area (Å²) in [7, 11) is 0. The quantitative estimate of drug-likeness (QED) is 0.431. The van der Waals surface area contributed by atoms with E-state index in [-0.39, 0.29) is 25.4 Å². The number of aliphatic hydroxyl groups excluding tert-OH is 2. The highest BCUT2D eigenvalue weighted by molar-refractivity contribution is 5.93. The van der Waals surface area contributed by atoms with Gasteiger partial charge < -0.3 is 20.6 Å². The number of carboxylic acid groups (broad SMARTS) is 1. The van der Waals surface area contributed by atoms with Gasteiger partial charge in [-0.3, -0.25) is 9.59 Å². The number of aryl methyl sites for hydroxylation is 1. The molecule has 11 heteroatoms. The summed E-state index contributed by atoms with van der Waals surface area (Å²) in [5.74, 6) is -2.98. The van der Waals surface area contributed by atoms with Gasteiger partial charge in [0.1, 0.15) is 12.6 Å². The van der Waals surface area contributed by atoms with Crippen LogP contribution < -0.4 is 10.00 Å². The standard InChI is InChI=1S/C11H15N3O4.C3H3F3O/c1-8(15)6-12-11(18)9-2-4-14(13-7-9)5-3-10(16)17;1-2(7)3(4,5)6/h2,4,7-8,15H,3,5-6H2,1H3,(H-,12,16,17,18);7H,1H2/p+1. The number of carbonyl (C=O) groups excluding carboxylic acids is 1. The maximum absolute atomic E-state index is 11.6. The Labute approximate surface area is 141 Å². The van der Waals surface area contributed by atoms with Crippen LogP contribution in [0.5, 0.6) is 0 Å². The molecule has 1 aromatic rings. The van der Waals surface area contributed by atoms with Crippen LogP contribution in [0.3, 0.4) is 0 Å². The van der Waals surface area contributed by atoms with Gasteiger partial charge >= 0.3 is 12.1 Å². The van der Waals surface area contributed by atoms with E-state index in [1.54, 1.807) is 19.2 Å². The molecule has 140 valence electrons. The second-order valence-corrected chi connectivity index (χ2v) is 4.83. The third kappa shape index (κ3) is 10.7. The maximum atomic E-state index is 11.6. The molecule has 0 fully saturated rings. The molecule has 1 rings (SSSR count). The summed E-state index contributed by atoms with van der Waals surface area (Å²) in [4.78, 5) is 21.9. The van der Waals surface area contributed by atoms with E-state index in [9.17, 15) is 22.8 Å². The molecule has 25 heavy (non-hydrogen) atoms. The first kappa shape index (κ1) is 22.3. The van der Waals surface area contributed by atoms with Crippen LogP contribution in [-0.4, -0.2) is 51.1 Å². The van der Waals surface area contributed by atoms with Crippen LogP contribution in [0.25, 0.3) is 0 Å². The van der Waals surface area contributed by atoms with Crippen molar-refractivity contribution in [3.8, 4) is 0 Å². The molecule has 0 bridgehead atoms. The average molecular weight is 366 g/mol. The number of nitrogens with one attached hydrogen (secondary N) is 1. The summed E-state index contributed by atoms with van der Waals surface area (Å²) in [5, 5.41) is 31.6. The van der Waals surface area contributed by atoms with Crippen LogP contribution in [0.15, 0.2) is 30.8 Å². The van der Waals surface area contributed by atoms with Crippen molar-refractivity contribution in [3.05, 3.63) is 36.4 Å². The van der Waals surface area contributed by atoms with Crippen LogP contribution in [-0.2, 0) is 11.3 Å². The van der Waals surface area contributed by atoms with E-state index < -0.39 is 24.0 Å². The summed E-state index contributed by atoms with van der Waals surface area (Å²) in [6, 6.07) is 1.55. The van der Waals surface area contributed by atoms with E-state index in [4.69, 9.17) is 15.3 Å². The number of nitrogens with zero attached hydrogens (tertiary/aromatic N) is 2. The Balaban J connectivity index is 0.000000697.